The molecule has 0 spiro atoms. The molecule has 0 atom stereocenters. The monoisotopic (exact) mass is 282 g/mol. The molecule has 5 heteroatoms. The second-order valence-corrected chi connectivity index (χ2v) is 4.72. The van der Waals surface area contributed by atoms with Gasteiger partial charge in [-0.25, -0.2) is 0 Å². The Labute approximate surface area is 118 Å². The van der Waals surface area contributed by atoms with Crippen molar-refractivity contribution in [1.29, 1.82) is 0 Å². The Morgan fingerprint density at radius 3 is 2.42 bits per heavy atom. The molecule has 0 aromatic heterocycles. The third kappa shape index (κ3) is 5.30. The molecule has 0 saturated carbocycles. The van der Waals surface area contributed by atoms with Gasteiger partial charge in [-0.3, -0.25) is 9.59 Å². The average molecular weight is 283 g/mol. The maximum absolute atomic E-state index is 11.8. The summed E-state index contributed by atoms with van der Waals surface area (Å²) >= 11 is 5.44. The van der Waals surface area contributed by atoms with Gasteiger partial charge in [-0.1, -0.05) is 6.07 Å². The summed E-state index contributed by atoms with van der Waals surface area (Å²) in [6.45, 7) is 4.79. The third-order valence-electron chi connectivity index (χ3n) is 2.82. The van der Waals surface area contributed by atoms with E-state index in [4.69, 9.17) is 11.6 Å². The molecule has 2 amide bonds. The van der Waals surface area contributed by atoms with Crippen molar-refractivity contribution in [2.24, 2.45) is 0 Å². The minimum Gasteiger partial charge on any atom is -0.354 e. The van der Waals surface area contributed by atoms with E-state index in [2.05, 4.69) is 10.6 Å². The standard InChI is InChI=1S/C14H19ClN2O2/c1-10-3-4-12(9-11(10)2)14(19)17-8-7-16-13(18)5-6-15/h3-4,9H,5-8H2,1-2H3,(H,16,18)(H,17,19). The van der Waals surface area contributed by atoms with E-state index >= 15 is 0 Å². The Morgan fingerprint density at radius 2 is 1.79 bits per heavy atom. The number of hydrogen-bond acceptors (Lipinski definition) is 2. The highest BCUT2D eigenvalue weighted by atomic mass is 35.5. The number of benzene rings is 1. The van der Waals surface area contributed by atoms with Crippen molar-refractivity contribution in [2.45, 2.75) is 20.3 Å². The van der Waals surface area contributed by atoms with Gasteiger partial charge in [-0.2, -0.15) is 0 Å². The van der Waals surface area contributed by atoms with Gasteiger partial charge in [-0.05, 0) is 37.1 Å². The first-order chi connectivity index (χ1) is 9.04. The van der Waals surface area contributed by atoms with Crippen molar-refractivity contribution < 1.29 is 9.59 Å². The van der Waals surface area contributed by atoms with Gasteiger partial charge >= 0.3 is 0 Å². The van der Waals surface area contributed by atoms with Crippen LogP contribution >= 0.6 is 11.6 Å². The largest absolute Gasteiger partial charge is 0.354 e. The van der Waals surface area contributed by atoms with E-state index in [0.717, 1.165) is 11.1 Å². The number of alkyl halides is 1. The van der Waals surface area contributed by atoms with Gasteiger partial charge in [0, 0.05) is 31.0 Å². The number of rotatable bonds is 6. The first-order valence-corrected chi connectivity index (χ1v) is 6.76. The Hall–Kier alpha value is -1.55. The number of halogens is 1. The topological polar surface area (TPSA) is 58.2 Å². The first kappa shape index (κ1) is 15.5. The number of carbonyl (C=O) groups excluding carboxylic acids is 2. The van der Waals surface area contributed by atoms with Crippen molar-refractivity contribution in [1.82, 2.24) is 10.6 Å². The second kappa shape index (κ2) is 7.79. The lowest BCUT2D eigenvalue weighted by atomic mass is 10.1. The fraction of sp³-hybridized carbons (Fsp3) is 0.429. The van der Waals surface area contributed by atoms with Crippen molar-refractivity contribution in [3.63, 3.8) is 0 Å². The van der Waals surface area contributed by atoms with Crippen LogP contribution in [0.5, 0.6) is 0 Å². The summed E-state index contributed by atoms with van der Waals surface area (Å²) in [5.74, 6) is 0.0750. The first-order valence-electron chi connectivity index (χ1n) is 6.22. The minimum atomic E-state index is -0.130. The number of carbonyl (C=O) groups is 2. The Bertz CT molecular complexity index is 461. The van der Waals surface area contributed by atoms with Crippen molar-refractivity contribution >= 4 is 23.4 Å². The lowest BCUT2D eigenvalue weighted by Gasteiger charge is -2.08. The molecule has 0 aliphatic rings. The third-order valence-corrected chi connectivity index (χ3v) is 3.01. The molecule has 0 radical (unpaired) electrons. The predicted octanol–water partition coefficient (Wildman–Crippen LogP) is 1.78. The SMILES string of the molecule is Cc1ccc(C(=O)NCCNC(=O)CCCl)cc1C. The zero-order chi connectivity index (χ0) is 14.3. The van der Waals surface area contributed by atoms with E-state index in [-0.39, 0.29) is 11.8 Å². The molecule has 1 rings (SSSR count). The fourth-order valence-corrected chi connectivity index (χ4v) is 1.71. The number of hydrogen-bond donors (Lipinski definition) is 2. The van der Waals surface area contributed by atoms with Crippen molar-refractivity contribution in [2.75, 3.05) is 19.0 Å². The molecule has 1 aromatic carbocycles. The van der Waals surface area contributed by atoms with E-state index in [1.54, 1.807) is 6.07 Å². The number of amides is 2. The maximum atomic E-state index is 11.8. The van der Waals surface area contributed by atoms with Crippen LogP contribution < -0.4 is 10.6 Å². The summed E-state index contributed by atoms with van der Waals surface area (Å²) < 4.78 is 0. The molecule has 0 unspecified atom stereocenters. The Balaban J connectivity index is 2.35. The molecule has 0 aliphatic carbocycles. The molecule has 1 aromatic rings. The zero-order valence-electron chi connectivity index (χ0n) is 11.3. The van der Waals surface area contributed by atoms with Crippen LogP contribution in [-0.2, 0) is 4.79 Å². The zero-order valence-corrected chi connectivity index (χ0v) is 12.0. The highest BCUT2D eigenvalue weighted by Crippen LogP contribution is 2.09. The van der Waals surface area contributed by atoms with Crippen LogP contribution in [0.4, 0.5) is 0 Å². The lowest BCUT2D eigenvalue weighted by molar-refractivity contribution is -0.120. The number of nitrogens with one attached hydrogen (secondary N) is 2. The molecule has 0 bridgehead atoms. The Morgan fingerprint density at radius 1 is 1.11 bits per heavy atom. The maximum Gasteiger partial charge on any atom is 0.251 e. The van der Waals surface area contributed by atoms with E-state index in [0.29, 0.717) is 31.0 Å². The fourth-order valence-electron chi connectivity index (χ4n) is 1.54. The molecule has 0 heterocycles. The summed E-state index contributed by atoms with van der Waals surface area (Å²) in [6.07, 6.45) is 0.298. The second-order valence-electron chi connectivity index (χ2n) is 4.34. The van der Waals surface area contributed by atoms with Gasteiger partial charge in [-0.15, -0.1) is 11.6 Å². The van der Waals surface area contributed by atoms with Crippen LogP contribution in [0.2, 0.25) is 0 Å². The lowest BCUT2D eigenvalue weighted by Crippen LogP contribution is -2.34. The van der Waals surface area contributed by atoms with E-state index in [1.165, 1.54) is 0 Å². The number of aryl methyl sites for hydroxylation is 2. The molecule has 104 valence electrons. The predicted molar refractivity (Wildman–Crippen MR) is 76.6 cm³/mol. The molecule has 19 heavy (non-hydrogen) atoms. The molecule has 4 nitrogen and oxygen atoms in total. The average Bonchev–Trinajstić information content (AvgIpc) is 2.38. The van der Waals surface area contributed by atoms with Gasteiger partial charge < -0.3 is 10.6 Å². The molecule has 0 fully saturated rings. The summed E-state index contributed by atoms with van der Waals surface area (Å²) in [4.78, 5) is 23.0. The van der Waals surface area contributed by atoms with Crippen LogP contribution in [0.15, 0.2) is 18.2 Å². The van der Waals surface area contributed by atoms with E-state index < -0.39 is 0 Å². The van der Waals surface area contributed by atoms with E-state index in [1.807, 2.05) is 26.0 Å². The van der Waals surface area contributed by atoms with Crippen LogP contribution in [0.1, 0.15) is 27.9 Å². The highest BCUT2D eigenvalue weighted by molar-refractivity contribution is 6.18. The van der Waals surface area contributed by atoms with Gasteiger partial charge in [0.25, 0.3) is 5.91 Å². The molecule has 0 saturated heterocycles. The normalized spacial score (nSPS) is 10.1. The molecular weight excluding hydrogens is 264 g/mol. The quantitative estimate of drug-likeness (QED) is 0.617. The van der Waals surface area contributed by atoms with E-state index in [9.17, 15) is 9.59 Å². The minimum absolute atomic E-state index is 0.101. The summed E-state index contributed by atoms with van der Waals surface area (Å²) in [7, 11) is 0. The summed E-state index contributed by atoms with van der Waals surface area (Å²) in [5.41, 5.74) is 2.88. The van der Waals surface area contributed by atoms with Crippen LogP contribution in [-0.4, -0.2) is 30.8 Å². The molecule has 2 N–H and O–H groups in total. The van der Waals surface area contributed by atoms with Crippen LogP contribution in [0, 0.1) is 13.8 Å². The summed E-state index contributed by atoms with van der Waals surface area (Å²) in [5, 5.41) is 5.43. The highest BCUT2D eigenvalue weighted by Gasteiger charge is 2.06. The van der Waals surface area contributed by atoms with Crippen molar-refractivity contribution in [3.8, 4) is 0 Å². The molecule has 0 aliphatic heterocycles. The van der Waals surface area contributed by atoms with Crippen LogP contribution in [0.25, 0.3) is 0 Å². The smallest absolute Gasteiger partial charge is 0.251 e. The van der Waals surface area contributed by atoms with Crippen LogP contribution in [0.3, 0.4) is 0 Å². The molecular formula is C14H19ClN2O2. The van der Waals surface area contributed by atoms with Gasteiger partial charge in [0.15, 0.2) is 0 Å². The van der Waals surface area contributed by atoms with Crippen molar-refractivity contribution in [3.05, 3.63) is 34.9 Å². The van der Waals surface area contributed by atoms with Gasteiger partial charge in [0.05, 0.1) is 0 Å². The van der Waals surface area contributed by atoms with Gasteiger partial charge in [0.1, 0.15) is 0 Å². The Kier molecular flexibility index (Phi) is 6.36. The van der Waals surface area contributed by atoms with Gasteiger partial charge in [0.2, 0.25) is 5.91 Å². The summed E-state index contributed by atoms with van der Waals surface area (Å²) in [6, 6.07) is 5.58.